The van der Waals surface area contributed by atoms with E-state index in [4.69, 9.17) is 0 Å². The van der Waals surface area contributed by atoms with Gasteiger partial charge < -0.3 is 10.2 Å². The van der Waals surface area contributed by atoms with E-state index in [1.807, 2.05) is 35.2 Å². The third-order valence-corrected chi connectivity index (χ3v) is 4.79. The van der Waals surface area contributed by atoms with E-state index in [2.05, 4.69) is 19.2 Å². The molecule has 122 valence electrons. The molecule has 1 aliphatic heterocycles. The zero-order chi connectivity index (χ0) is 15.8. The van der Waals surface area contributed by atoms with Gasteiger partial charge in [-0.2, -0.15) is 0 Å². The SMILES string of the molecule is CCCCN(C(=O)CC(C)C1CCNCC1)c1ccccc1. The highest BCUT2D eigenvalue weighted by molar-refractivity contribution is 5.93. The molecule has 0 radical (unpaired) electrons. The number of anilines is 1. The predicted molar refractivity (Wildman–Crippen MR) is 93.1 cm³/mol. The van der Waals surface area contributed by atoms with E-state index >= 15 is 0 Å². The Morgan fingerprint density at radius 2 is 1.95 bits per heavy atom. The second kappa shape index (κ2) is 8.94. The van der Waals surface area contributed by atoms with Crippen LogP contribution in [0, 0.1) is 11.8 Å². The quantitative estimate of drug-likeness (QED) is 0.830. The summed E-state index contributed by atoms with van der Waals surface area (Å²) in [6, 6.07) is 10.1. The van der Waals surface area contributed by atoms with Gasteiger partial charge in [0.1, 0.15) is 0 Å². The summed E-state index contributed by atoms with van der Waals surface area (Å²) < 4.78 is 0. The van der Waals surface area contributed by atoms with Crippen LogP contribution in [0.5, 0.6) is 0 Å². The van der Waals surface area contributed by atoms with Gasteiger partial charge in [-0.1, -0.05) is 38.5 Å². The Labute approximate surface area is 135 Å². The summed E-state index contributed by atoms with van der Waals surface area (Å²) in [7, 11) is 0. The molecule has 0 aromatic heterocycles. The van der Waals surface area contributed by atoms with Gasteiger partial charge in [0.25, 0.3) is 0 Å². The van der Waals surface area contributed by atoms with Crippen molar-refractivity contribution in [2.75, 3.05) is 24.5 Å². The van der Waals surface area contributed by atoms with Crippen molar-refractivity contribution in [2.24, 2.45) is 11.8 Å². The molecule has 3 heteroatoms. The number of carbonyl (C=O) groups excluding carboxylic acids is 1. The maximum absolute atomic E-state index is 12.8. The highest BCUT2D eigenvalue weighted by Gasteiger charge is 2.24. The van der Waals surface area contributed by atoms with Crippen LogP contribution in [-0.4, -0.2) is 25.5 Å². The number of piperidine rings is 1. The second-order valence-electron chi connectivity index (χ2n) is 6.50. The molecule has 1 aromatic carbocycles. The van der Waals surface area contributed by atoms with E-state index in [1.165, 1.54) is 12.8 Å². The van der Waals surface area contributed by atoms with Gasteiger partial charge >= 0.3 is 0 Å². The number of para-hydroxylation sites is 1. The summed E-state index contributed by atoms with van der Waals surface area (Å²) in [6.07, 6.45) is 5.25. The molecule has 1 aromatic rings. The molecule has 1 amide bonds. The molecule has 0 saturated carbocycles. The Bertz CT molecular complexity index is 440. The Morgan fingerprint density at radius 1 is 1.27 bits per heavy atom. The third-order valence-electron chi connectivity index (χ3n) is 4.79. The van der Waals surface area contributed by atoms with E-state index in [0.29, 0.717) is 18.3 Å². The topological polar surface area (TPSA) is 32.3 Å². The van der Waals surface area contributed by atoms with Gasteiger partial charge in [-0.25, -0.2) is 0 Å². The first-order valence-corrected chi connectivity index (χ1v) is 8.78. The van der Waals surface area contributed by atoms with Crippen LogP contribution in [0.2, 0.25) is 0 Å². The van der Waals surface area contributed by atoms with Gasteiger partial charge in [0.15, 0.2) is 0 Å². The molecular weight excluding hydrogens is 272 g/mol. The Kier molecular flexibility index (Phi) is 6.91. The molecule has 1 atom stereocenters. The van der Waals surface area contributed by atoms with Crippen molar-refractivity contribution in [3.05, 3.63) is 30.3 Å². The number of unbranched alkanes of at least 4 members (excludes halogenated alkanes) is 1. The number of benzene rings is 1. The van der Waals surface area contributed by atoms with Gasteiger partial charge in [0.2, 0.25) is 5.91 Å². The zero-order valence-corrected chi connectivity index (χ0v) is 14.1. The Morgan fingerprint density at radius 3 is 2.59 bits per heavy atom. The van der Waals surface area contributed by atoms with E-state index in [1.54, 1.807) is 0 Å². The number of hydrogen-bond donors (Lipinski definition) is 1. The fraction of sp³-hybridized carbons (Fsp3) is 0.632. The van der Waals surface area contributed by atoms with Crippen LogP contribution in [-0.2, 0) is 4.79 Å². The minimum Gasteiger partial charge on any atom is -0.317 e. The van der Waals surface area contributed by atoms with E-state index in [9.17, 15) is 4.79 Å². The van der Waals surface area contributed by atoms with Crippen LogP contribution in [0.3, 0.4) is 0 Å². The zero-order valence-electron chi connectivity index (χ0n) is 14.1. The molecular formula is C19H30N2O. The fourth-order valence-electron chi connectivity index (χ4n) is 3.29. The maximum atomic E-state index is 12.8. The minimum atomic E-state index is 0.283. The first-order chi connectivity index (χ1) is 10.7. The molecule has 1 N–H and O–H groups in total. The molecule has 1 saturated heterocycles. The van der Waals surface area contributed by atoms with Crippen LogP contribution in [0.25, 0.3) is 0 Å². The van der Waals surface area contributed by atoms with Gasteiger partial charge in [-0.05, 0) is 56.3 Å². The van der Waals surface area contributed by atoms with Crippen molar-refractivity contribution in [2.45, 2.75) is 46.0 Å². The first-order valence-electron chi connectivity index (χ1n) is 8.78. The van der Waals surface area contributed by atoms with Crippen molar-refractivity contribution in [3.8, 4) is 0 Å². The van der Waals surface area contributed by atoms with Gasteiger partial charge in [0.05, 0.1) is 0 Å². The van der Waals surface area contributed by atoms with Crippen LogP contribution in [0.1, 0.15) is 46.0 Å². The molecule has 0 aliphatic carbocycles. The molecule has 0 bridgehead atoms. The summed E-state index contributed by atoms with van der Waals surface area (Å²) in [6.45, 7) is 7.45. The van der Waals surface area contributed by atoms with Gasteiger partial charge in [0, 0.05) is 18.7 Å². The Hall–Kier alpha value is -1.35. The number of hydrogen-bond acceptors (Lipinski definition) is 2. The van der Waals surface area contributed by atoms with E-state index < -0.39 is 0 Å². The predicted octanol–water partition coefficient (Wildman–Crippen LogP) is 3.85. The van der Waals surface area contributed by atoms with Crippen molar-refractivity contribution < 1.29 is 4.79 Å². The number of carbonyl (C=O) groups is 1. The van der Waals surface area contributed by atoms with Crippen LogP contribution in [0.15, 0.2) is 30.3 Å². The second-order valence-corrected chi connectivity index (χ2v) is 6.50. The highest BCUT2D eigenvalue weighted by Crippen LogP contribution is 2.26. The van der Waals surface area contributed by atoms with Crippen molar-refractivity contribution in [1.82, 2.24) is 5.32 Å². The summed E-state index contributed by atoms with van der Waals surface area (Å²) in [5.74, 6) is 1.45. The van der Waals surface area contributed by atoms with Crippen LogP contribution >= 0.6 is 0 Å². The largest absolute Gasteiger partial charge is 0.317 e. The monoisotopic (exact) mass is 302 g/mol. The lowest BCUT2D eigenvalue weighted by atomic mass is 9.84. The number of amides is 1. The summed E-state index contributed by atoms with van der Waals surface area (Å²) in [4.78, 5) is 14.8. The number of nitrogens with zero attached hydrogens (tertiary/aromatic N) is 1. The number of nitrogens with one attached hydrogen (secondary N) is 1. The summed E-state index contributed by atoms with van der Waals surface area (Å²) in [5, 5.41) is 3.40. The molecule has 0 spiro atoms. The molecule has 3 nitrogen and oxygen atoms in total. The number of rotatable bonds is 7. The molecule has 2 rings (SSSR count). The fourth-order valence-corrected chi connectivity index (χ4v) is 3.29. The molecule has 1 unspecified atom stereocenters. The lowest BCUT2D eigenvalue weighted by Gasteiger charge is -2.30. The van der Waals surface area contributed by atoms with E-state index in [0.717, 1.165) is 38.2 Å². The lowest BCUT2D eigenvalue weighted by molar-refractivity contribution is -0.119. The third kappa shape index (κ3) is 4.84. The van der Waals surface area contributed by atoms with E-state index in [-0.39, 0.29) is 5.91 Å². The van der Waals surface area contributed by atoms with Crippen molar-refractivity contribution in [3.63, 3.8) is 0 Å². The van der Waals surface area contributed by atoms with Gasteiger partial charge in [-0.3, -0.25) is 4.79 Å². The minimum absolute atomic E-state index is 0.283. The lowest BCUT2D eigenvalue weighted by Crippen LogP contribution is -2.36. The smallest absolute Gasteiger partial charge is 0.227 e. The first kappa shape index (κ1) is 17.0. The normalized spacial score (nSPS) is 17.2. The van der Waals surface area contributed by atoms with Crippen molar-refractivity contribution >= 4 is 11.6 Å². The standard InChI is InChI=1S/C19H30N2O/c1-3-4-14-21(18-8-6-5-7-9-18)19(22)15-16(2)17-10-12-20-13-11-17/h5-9,16-17,20H,3-4,10-15H2,1-2H3. The van der Waals surface area contributed by atoms with Gasteiger partial charge in [-0.15, -0.1) is 0 Å². The molecule has 1 fully saturated rings. The van der Waals surface area contributed by atoms with Crippen molar-refractivity contribution in [1.29, 1.82) is 0 Å². The molecule has 1 aliphatic rings. The maximum Gasteiger partial charge on any atom is 0.227 e. The molecule has 1 heterocycles. The average molecular weight is 302 g/mol. The summed E-state index contributed by atoms with van der Waals surface area (Å²) >= 11 is 0. The highest BCUT2D eigenvalue weighted by atomic mass is 16.2. The molecule has 22 heavy (non-hydrogen) atoms. The van der Waals surface area contributed by atoms with Crippen LogP contribution in [0.4, 0.5) is 5.69 Å². The summed E-state index contributed by atoms with van der Waals surface area (Å²) in [5.41, 5.74) is 1.04. The van der Waals surface area contributed by atoms with Crippen LogP contribution < -0.4 is 10.2 Å². The Balaban J connectivity index is 1.98. The average Bonchev–Trinajstić information content (AvgIpc) is 2.57.